The lowest BCUT2D eigenvalue weighted by atomic mass is 10.2. The molecule has 3 N–H and O–H groups in total. The standard InChI is InChI=1S/C16H15N3OS/c1-21-14-8-6-13(7-9-14)19-16(20)15-12(4-2-10-17)5-3-11-18-15/h3,5-9,11H,10,17H2,1H3,(H,19,20). The van der Waals surface area contributed by atoms with Crippen molar-refractivity contribution in [2.75, 3.05) is 18.1 Å². The predicted octanol–water partition coefficient (Wildman–Crippen LogP) is 2.37. The van der Waals surface area contributed by atoms with Gasteiger partial charge in [-0.2, -0.15) is 0 Å². The zero-order valence-corrected chi connectivity index (χ0v) is 12.4. The number of anilines is 1. The number of benzene rings is 1. The van der Waals surface area contributed by atoms with E-state index in [1.165, 1.54) is 0 Å². The topological polar surface area (TPSA) is 68.0 Å². The van der Waals surface area contributed by atoms with Crippen LogP contribution in [0.1, 0.15) is 16.1 Å². The summed E-state index contributed by atoms with van der Waals surface area (Å²) in [5.74, 6) is 5.31. The van der Waals surface area contributed by atoms with E-state index < -0.39 is 0 Å². The van der Waals surface area contributed by atoms with Crippen LogP contribution in [-0.2, 0) is 0 Å². The highest BCUT2D eigenvalue weighted by atomic mass is 32.2. The molecular weight excluding hydrogens is 282 g/mol. The summed E-state index contributed by atoms with van der Waals surface area (Å²) in [6, 6.07) is 11.1. The first-order chi connectivity index (χ1) is 10.2. The van der Waals surface area contributed by atoms with Crippen molar-refractivity contribution in [1.82, 2.24) is 4.98 Å². The van der Waals surface area contributed by atoms with Crippen LogP contribution in [-0.4, -0.2) is 23.7 Å². The molecule has 5 heteroatoms. The molecule has 0 radical (unpaired) electrons. The third kappa shape index (κ3) is 4.09. The van der Waals surface area contributed by atoms with E-state index in [9.17, 15) is 4.79 Å². The number of hydrogen-bond acceptors (Lipinski definition) is 4. The first kappa shape index (κ1) is 15.1. The molecule has 1 heterocycles. The minimum Gasteiger partial charge on any atom is -0.321 e. The van der Waals surface area contributed by atoms with Gasteiger partial charge in [-0.25, -0.2) is 4.98 Å². The number of amides is 1. The van der Waals surface area contributed by atoms with Crippen molar-refractivity contribution in [2.45, 2.75) is 4.90 Å². The minimum absolute atomic E-state index is 0.242. The molecule has 0 aliphatic carbocycles. The third-order valence-electron chi connectivity index (χ3n) is 2.70. The number of aromatic nitrogens is 1. The monoisotopic (exact) mass is 297 g/mol. The highest BCUT2D eigenvalue weighted by Gasteiger charge is 2.11. The SMILES string of the molecule is CSc1ccc(NC(=O)c2ncccc2C#CCN)cc1. The Balaban J connectivity index is 2.19. The van der Waals surface area contributed by atoms with E-state index in [1.54, 1.807) is 30.1 Å². The number of pyridine rings is 1. The molecule has 0 saturated carbocycles. The van der Waals surface area contributed by atoms with Crippen molar-refractivity contribution in [3.05, 3.63) is 53.9 Å². The highest BCUT2D eigenvalue weighted by molar-refractivity contribution is 7.98. The lowest BCUT2D eigenvalue weighted by Gasteiger charge is -2.06. The fraction of sp³-hybridized carbons (Fsp3) is 0.125. The van der Waals surface area contributed by atoms with Gasteiger partial charge in [0.15, 0.2) is 0 Å². The van der Waals surface area contributed by atoms with Crippen molar-refractivity contribution >= 4 is 23.4 Å². The molecule has 1 aromatic heterocycles. The Morgan fingerprint density at radius 3 is 2.76 bits per heavy atom. The van der Waals surface area contributed by atoms with Gasteiger partial charge in [-0.3, -0.25) is 4.79 Å². The van der Waals surface area contributed by atoms with Gasteiger partial charge in [-0.1, -0.05) is 11.8 Å². The molecule has 4 nitrogen and oxygen atoms in total. The molecular formula is C16H15N3OS. The molecule has 1 aromatic carbocycles. The Hall–Kier alpha value is -2.29. The molecule has 106 valence electrons. The van der Waals surface area contributed by atoms with Gasteiger partial charge in [-0.15, -0.1) is 11.8 Å². The largest absolute Gasteiger partial charge is 0.321 e. The predicted molar refractivity (Wildman–Crippen MR) is 86.3 cm³/mol. The van der Waals surface area contributed by atoms with Crippen molar-refractivity contribution in [1.29, 1.82) is 0 Å². The second-order valence-corrected chi connectivity index (χ2v) is 4.97. The molecule has 0 bridgehead atoms. The summed E-state index contributed by atoms with van der Waals surface area (Å²) in [6.07, 6.45) is 3.57. The number of nitrogens with one attached hydrogen (secondary N) is 1. The second kappa shape index (κ2) is 7.48. The van der Waals surface area contributed by atoms with E-state index >= 15 is 0 Å². The number of carbonyl (C=O) groups is 1. The summed E-state index contributed by atoms with van der Waals surface area (Å²) >= 11 is 1.65. The summed E-state index contributed by atoms with van der Waals surface area (Å²) in [7, 11) is 0. The van der Waals surface area contributed by atoms with Gasteiger partial charge in [0.05, 0.1) is 12.1 Å². The first-order valence-corrected chi connectivity index (χ1v) is 7.56. The van der Waals surface area contributed by atoms with E-state index in [2.05, 4.69) is 22.1 Å². The van der Waals surface area contributed by atoms with E-state index in [0.717, 1.165) is 10.6 Å². The van der Waals surface area contributed by atoms with Crippen LogP contribution in [0.3, 0.4) is 0 Å². The Morgan fingerprint density at radius 1 is 1.33 bits per heavy atom. The van der Waals surface area contributed by atoms with Gasteiger partial charge >= 0.3 is 0 Å². The fourth-order valence-corrected chi connectivity index (χ4v) is 2.11. The second-order valence-electron chi connectivity index (χ2n) is 4.09. The summed E-state index contributed by atoms with van der Waals surface area (Å²) < 4.78 is 0. The average molecular weight is 297 g/mol. The number of rotatable bonds is 3. The van der Waals surface area contributed by atoms with E-state index in [0.29, 0.717) is 11.3 Å². The van der Waals surface area contributed by atoms with Crippen molar-refractivity contribution in [2.24, 2.45) is 5.73 Å². The van der Waals surface area contributed by atoms with Crippen LogP contribution in [0.15, 0.2) is 47.5 Å². The van der Waals surface area contributed by atoms with Crippen LogP contribution >= 0.6 is 11.8 Å². The third-order valence-corrected chi connectivity index (χ3v) is 3.44. The molecule has 0 aliphatic rings. The number of hydrogen-bond donors (Lipinski definition) is 2. The first-order valence-electron chi connectivity index (χ1n) is 6.34. The zero-order valence-electron chi connectivity index (χ0n) is 11.6. The van der Waals surface area contributed by atoms with Gasteiger partial charge < -0.3 is 11.1 Å². The molecule has 0 unspecified atom stereocenters. The Labute approximate surface area is 128 Å². The van der Waals surface area contributed by atoms with E-state index in [-0.39, 0.29) is 12.5 Å². The normalized spacial score (nSPS) is 9.62. The van der Waals surface area contributed by atoms with E-state index in [1.807, 2.05) is 30.5 Å². The van der Waals surface area contributed by atoms with Crippen LogP contribution in [0.25, 0.3) is 0 Å². The Kier molecular flexibility index (Phi) is 5.38. The number of nitrogens with two attached hydrogens (primary N) is 1. The van der Waals surface area contributed by atoms with Crippen LogP contribution in [0.5, 0.6) is 0 Å². The lowest BCUT2D eigenvalue weighted by molar-refractivity contribution is 0.102. The maximum Gasteiger partial charge on any atom is 0.275 e. The molecule has 0 saturated heterocycles. The molecule has 2 rings (SSSR count). The van der Waals surface area contributed by atoms with Crippen LogP contribution in [0.2, 0.25) is 0 Å². The molecule has 2 aromatic rings. The van der Waals surface area contributed by atoms with Crippen molar-refractivity contribution in [3.63, 3.8) is 0 Å². The van der Waals surface area contributed by atoms with Crippen LogP contribution in [0.4, 0.5) is 5.69 Å². The number of carbonyl (C=O) groups excluding carboxylic acids is 1. The van der Waals surface area contributed by atoms with Gasteiger partial charge in [-0.05, 0) is 42.7 Å². The molecule has 1 amide bonds. The maximum atomic E-state index is 12.3. The molecule has 0 spiro atoms. The highest BCUT2D eigenvalue weighted by Crippen LogP contribution is 2.18. The number of thioether (sulfide) groups is 1. The van der Waals surface area contributed by atoms with Crippen molar-refractivity contribution in [3.8, 4) is 11.8 Å². The van der Waals surface area contributed by atoms with Gasteiger partial charge in [0.1, 0.15) is 5.69 Å². The quantitative estimate of drug-likeness (QED) is 0.674. The smallest absolute Gasteiger partial charge is 0.275 e. The van der Waals surface area contributed by atoms with Crippen molar-refractivity contribution < 1.29 is 4.79 Å². The molecule has 21 heavy (non-hydrogen) atoms. The van der Waals surface area contributed by atoms with Gasteiger partial charge in [0.25, 0.3) is 5.91 Å². The summed E-state index contributed by atoms with van der Waals surface area (Å²) in [6.45, 7) is 0.242. The minimum atomic E-state index is -0.283. The fourth-order valence-electron chi connectivity index (χ4n) is 1.70. The summed E-state index contributed by atoms with van der Waals surface area (Å²) in [4.78, 5) is 17.5. The van der Waals surface area contributed by atoms with Crippen LogP contribution in [0, 0.1) is 11.8 Å². The maximum absolute atomic E-state index is 12.3. The van der Waals surface area contributed by atoms with Crippen LogP contribution < -0.4 is 11.1 Å². The van der Waals surface area contributed by atoms with Gasteiger partial charge in [0, 0.05) is 16.8 Å². The Bertz CT molecular complexity index is 687. The molecule has 0 aliphatic heterocycles. The summed E-state index contributed by atoms with van der Waals surface area (Å²) in [5, 5.41) is 2.82. The lowest BCUT2D eigenvalue weighted by Crippen LogP contribution is -2.15. The van der Waals surface area contributed by atoms with Gasteiger partial charge in [0.2, 0.25) is 0 Å². The Morgan fingerprint density at radius 2 is 2.10 bits per heavy atom. The molecule has 0 fully saturated rings. The number of nitrogens with zero attached hydrogens (tertiary/aromatic N) is 1. The molecule has 0 atom stereocenters. The zero-order chi connectivity index (χ0) is 15.1. The van der Waals surface area contributed by atoms with E-state index in [4.69, 9.17) is 5.73 Å². The average Bonchev–Trinajstić information content (AvgIpc) is 2.54. The summed E-state index contributed by atoms with van der Waals surface area (Å²) in [5.41, 5.74) is 6.95.